The van der Waals surface area contributed by atoms with Crippen LogP contribution in [-0.4, -0.2) is 30.1 Å². The molecular weight excluding hydrogens is 220 g/mol. The molecule has 0 amide bonds. The summed E-state index contributed by atoms with van der Waals surface area (Å²) in [7, 11) is 2.25. The van der Waals surface area contributed by atoms with E-state index >= 15 is 0 Å². The lowest BCUT2D eigenvalue weighted by Gasteiger charge is -2.50. The highest BCUT2D eigenvalue weighted by molar-refractivity contribution is 4.97. The van der Waals surface area contributed by atoms with Crippen LogP contribution in [0.3, 0.4) is 0 Å². The Morgan fingerprint density at radius 3 is 2.11 bits per heavy atom. The SMILES string of the molecule is CCC(C)(C)C1CCC(CN)(N(C)C(C)C)CC1. The Bertz CT molecular complexity index is 250. The third kappa shape index (κ3) is 3.08. The molecule has 0 aromatic heterocycles. The summed E-state index contributed by atoms with van der Waals surface area (Å²) in [6.45, 7) is 12.5. The molecule has 0 saturated heterocycles. The summed E-state index contributed by atoms with van der Waals surface area (Å²) in [6.07, 6.45) is 6.51. The molecule has 1 saturated carbocycles. The van der Waals surface area contributed by atoms with E-state index in [0.717, 1.165) is 12.5 Å². The first-order valence-electron chi connectivity index (χ1n) is 7.72. The van der Waals surface area contributed by atoms with Crippen LogP contribution in [0.15, 0.2) is 0 Å². The fraction of sp³-hybridized carbons (Fsp3) is 1.00. The van der Waals surface area contributed by atoms with Gasteiger partial charge in [0.2, 0.25) is 0 Å². The Hall–Kier alpha value is -0.0800. The second kappa shape index (κ2) is 5.92. The van der Waals surface area contributed by atoms with E-state index in [1.807, 2.05) is 0 Å². The van der Waals surface area contributed by atoms with Crippen LogP contribution in [0.5, 0.6) is 0 Å². The topological polar surface area (TPSA) is 29.3 Å². The van der Waals surface area contributed by atoms with Gasteiger partial charge in [0, 0.05) is 18.1 Å². The van der Waals surface area contributed by atoms with Crippen LogP contribution < -0.4 is 5.73 Å². The molecule has 2 heteroatoms. The molecular formula is C16H34N2. The molecule has 1 aliphatic rings. The highest BCUT2D eigenvalue weighted by Gasteiger charge is 2.41. The minimum Gasteiger partial charge on any atom is -0.329 e. The van der Waals surface area contributed by atoms with Gasteiger partial charge in [0.1, 0.15) is 0 Å². The first-order chi connectivity index (χ1) is 8.29. The first-order valence-corrected chi connectivity index (χ1v) is 7.72. The van der Waals surface area contributed by atoms with Crippen molar-refractivity contribution in [3.05, 3.63) is 0 Å². The van der Waals surface area contributed by atoms with Crippen LogP contribution in [0, 0.1) is 11.3 Å². The highest BCUT2D eigenvalue weighted by atomic mass is 15.2. The average molecular weight is 254 g/mol. The Morgan fingerprint density at radius 1 is 1.28 bits per heavy atom. The molecule has 108 valence electrons. The van der Waals surface area contributed by atoms with Crippen molar-refractivity contribution in [2.45, 2.75) is 78.3 Å². The van der Waals surface area contributed by atoms with Crippen LogP contribution in [0.25, 0.3) is 0 Å². The van der Waals surface area contributed by atoms with Crippen LogP contribution in [0.4, 0.5) is 0 Å². The normalized spacial score (nSPS) is 30.2. The van der Waals surface area contributed by atoms with Crippen LogP contribution in [0.2, 0.25) is 0 Å². The standard InChI is InChI=1S/C16H34N2/c1-7-15(4,5)14-8-10-16(12-17,11-9-14)18(6)13(2)3/h13-14H,7-12,17H2,1-6H3. The monoisotopic (exact) mass is 254 g/mol. The Kier molecular flexibility index (Phi) is 5.25. The van der Waals surface area contributed by atoms with Gasteiger partial charge in [-0.3, -0.25) is 4.90 Å². The van der Waals surface area contributed by atoms with Gasteiger partial charge >= 0.3 is 0 Å². The summed E-state index contributed by atoms with van der Waals surface area (Å²) in [5, 5.41) is 0. The van der Waals surface area contributed by atoms with Gasteiger partial charge < -0.3 is 5.73 Å². The molecule has 2 N–H and O–H groups in total. The van der Waals surface area contributed by atoms with Crippen molar-refractivity contribution in [3.63, 3.8) is 0 Å². The van der Waals surface area contributed by atoms with E-state index in [2.05, 4.69) is 46.6 Å². The van der Waals surface area contributed by atoms with E-state index in [1.54, 1.807) is 0 Å². The summed E-state index contributed by atoms with van der Waals surface area (Å²) in [6, 6.07) is 0.587. The first kappa shape index (κ1) is 16.0. The number of hydrogen-bond acceptors (Lipinski definition) is 2. The Balaban J connectivity index is 2.71. The Labute approximate surface area is 114 Å². The van der Waals surface area contributed by atoms with Gasteiger partial charge in [-0.15, -0.1) is 0 Å². The van der Waals surface area contributed by atoms with E-state index < -0.39 is 0 Å². The van der Waals surface area contributed by atoms with Gasteiger partial charge in [0.05, 0.1) is 0 Å². The summed E-state index contributed by atoms with van der Waals surface area (Å²) in [5.41, 5.74) is 6.88. The fourth-order valence-electron chi connectivity index (χ4n) is 3.47. The molecule has 0 unspecified atom stereocenters. The Morgan fingerprint density at radius 2 is 1.78 bits per heavy atom. The van der Waals surface area contributed by atoms with Gasteiger partial charge in [0.15, 0.2) is 0 Å². The molecule has 1 aliphatic carbocycles. The molecule has 0 atom stereocenters. The maximum atomic E-state index is 6.12. The van der Waals surface area contributed by atoms with Gasteiger partial charge in [-0.2, -0.15) is 0 Å². The van der Waals surface area contributed by atoms with Crippen molar-refractivity contribution < 1.29 is 0 Å². The van der Waals surface area contributed by atoms with Gasteiger partial charge in [-0.05, 0) is 57.9 Å². The zero-order chi connectivity index (χ0) is 14.0. The highest BCUT2D eigenvalue weighted by Crippen LogP contribution is 2.45. The van der Waals surface area contributed by atoms with Crippen molar-refractivity contribution >= 4 is 0 Å². The molecule has 0 aliphatic heterocycles. The molecule has 0 bridgehead atoms. The molecule has 1 fully saturated rings. The smallest absolute Gasteiger partial charge is 0.0331 e. The molecule has 2 nitrogen and oxygen atoms in total. The quantitative estimate of drug-likeness (QED) is 0.811. The van der Waals surface area contributed by atoms with Crippen molar-refractivity contribution in [2.24, 2.45) is 17.1 Å². The van der Waals surface area contributed by atoms with E-state index in [-0.39, 0.29) is 5.54 Å². The maximum absolute atomic E-state index is 6.12. The van der Waals surface area contributed by atoms with Gasteiger partial charge in [0.25, 0.3) is 0 Å². The fourth-order valence-corrected chi connectivity index (χ4v) is 3.47. The number of rotatable bonds is 5. The van der Waals surface area contributed by atoms with Crippen LogP contribution in [-0.2, 0) is 0 Å². The minimum atomic E-state index is 0.258. The van der Waals surface area contributed by atoms with E-state index in [1.165, 1.54) is 32.1 Å². The number of nitrogens with two attached hydrogens (primary N) is 1. The second-order valence-electron chi connectivity index (χ2n) is 7.25. The summed E-state index contributed by atoms with van der Waals surface area (Å²) >= 11 is 0. The van der Waals surface area contributed by atoms with Crippen LogP contribution >= 0.6 is 0 Å². The van der Waals surface area contributed by atoms with Crippen molar-refractivity contribution in [3.8, 4) is 0 Å². The number of nitrogens with zero attached hydrogens (tertiary/aromatic N) is 1. The number of likely N-dealkylation sites (N-methyl/N-ethyl adjacent to an activating group) is 1. The third-order valence-corrected chi connectivity index (χ3v) is 5.84. The average Bonchev–Trinajstić information content (AvgIpc) is 2.37. The molecule has 0 aromatic carbocycles. The van der Waals surface area contributed by atoms with Crippen molar-refractivity contribution in [1.82, 2.24) is 4.90 Å². The van der Waals surface area contributed by atoms with Crippen molar-refractivity contribution in [1.29, 1.82) is 0 Å². The zero-order valence-electron chi connectivity index (χ0n) is 13.4. The zero-order valence-corrected chi connectivity index (χ0v) is 13.4. The van der Waals surface area contributed by atoms with E-state index in [9.17, 15) is 0 Å². The van der Waals surface area contributed by atoms with Crippen LogP contribution in [0.1, 0.15) is 66.7 Å². The predicted octanol–water partition coefficient (Wildman–Crippen LogP) is 3.65. The third-order valence-electron chi connectivity index (χ3n) is 5.84. The number of hydrogen-bond donors (Lipinski definition) is 1. The molecule has 0 aromatic rings. The summed E-state index contributed by atoms with van der Waals surface area (Å²) in [4.78, 5) is 2.52. The molecule has 0 heterocycles. The lowest BCUT2D eigenvalue weighted by Crippen LogP contribution is -2.57. The molecule has 1 rings (SSSR count). The van der Waals surface area contributed by atoms with E-state index in [0.29, 0.717) is 11.5 Å². The maximum Gasteiger partial charge on any atom is 0.0331 e. The lowest BCUT2D eigenvalue weighted by atomic mass is 9.65. The largest absolute Gasteiger partial charge is 0.329 e. The van der Waals surface area contributed by atoms with E-state index in [4.69, 9.17) is 5.73 Å². The second-order valence-corrected chi connectivity index (χ2v) is 7.25. The van der Waals surface area contributed by atoms with Gasteiger partial charge in [-0.25, -0.2) is 0 Å². The lowest BCUT2D eigenvalue weighted by molar-refractivity contribution is 0.0157. The van der Waals surface area contributed by atoms with Gasteiger partial charge in [-0.1, -0.05) is 27.2 Å². The molecule has 18 heavy (non-hydrogen) atoms. The predicted molar refractivity (Wildman–Crippen MR) is 80.7 cm³/mol. The van der Waals surface area contributed by atoms with Crippen molar-refractivity contribution in [2.75, 3.05) is 13.6 Å². The summed E-state index contributed by atoms with van der Waals surface area (Å²) in [5.74, 6) is 0.878. The minimum absolute atomic E-state index is 0.258. The summed E-state index contributed by atoms with van der Waals surface area (Å²) < 4.78 is 0. The molecule has 0 radical (unpaired) electrons. The molecule has 0 spiro atoms.